The summed E-state index contributed by atoms with van der Waals surface area (Å²) in [6.45, 7) is 0.211. The molecule has 90 valence electrons. The summed E-state index contributed by atoms with van der Waals surface area (Å²) in [4.78, 5) is 1.36. The second-order valence-corrected chi connectivity index (χ2v) is 3.68. The molecule has 0 fully saturated rings. The molecule has 0 aliphatic carbocycles. The molecule has 1 unspecified atom stereocenters. The van der Waals surface area contributed by atoms with E-state index in [1.54, 1.807) is 7.05 Å². The lowest BCUT2D eigenvalue weighted by molar-refractivity contribution is 0.106. The first-order valence-corrected chi connectivity index (χ1v) is 5.33. The maximum atomic E-state index is 9.73. The Bertz CT molecular complexity index is 458. The number of aryl methyl sites for hydroxylation is 1. The van der Waals surface area contributed by atoms with E-state index in [4.69, 9.17) is 4.74 Å². The Labute approximate surface area is 98.8 Å². The zero-order valence-electron chi connectivity index (χ0n) is 9.52. The number of ether oxygens (including phenoxy) is 1. The smallest absolute Gasteiger partial charge is 0.177 e. The molecule has 2 rings (SSSR count). The molecule has 1 heterocycles. The van der Waals surface area contributed by atoms with E-state index in [2.05, 4.69) is 15.4 Å². The zero-order valence-corrected chi connectivity index (χ0v) is 9.52. The fraction of sp³-hybridized carbons (Fsp3) is 0.364. The van der Waals surface area contributed by atoms with Crippen molar-refractivity contribution in [3.05, 3.63) is 36.2 Å². The van der Waals surface area contributed by atoms with Crippen LogP contribution in [-0.4, -0.2) is 38.0 Å². The molecule has 1 aromatic heterocycles. The highest BCUT2D eigenvalue weighted by Gasteiger charge is 2.10. The second-order valence-electron chi connectivity index (χ2n) is 3.68. The molecule has 0 spiro atoms. The van der Waals surface area contributed by atoms with Crippen molar-refractivity contribution in [2.24, 2.45) is 7.05 Å². The molecule has 6 nitrogen and oxygen atoms in total. The molecule has 1 atom stereocenters. The molecule has 0 saturated carbocycles. The summed E-state index contributed by atoms with van der Waals surface area (Å²) < 4.78 is 5.41. The van der Waals surface area contributed by atoms with Crippen molar-refractivity contribution < 1.29 is 9.84 Å². The first-order chi connectivity index (χ1) is 8.24. The van der Waals surface area contributed by atoms with Crippen molar-refractivity contribution in [1.82, 2.24) is 20.2 Å². The van der Waals surface area contributed by atoms with Gasteiger partial charge in [0.1, 0.15) is 12.4 Å². The van der Waals surface area contributed by atoms with Gasteiger partial charge < -0.3 is 9.84 Å². The first-order valence-electron chi connectivity index (χ1n) is 5.33. The minimum Gasteiger partial charge on any atom is -0.491 e. The number of aliphatic hydroxyl groups is 1. The van der Waals surface area contributed by atoms with Crippen LogP contribution in [0.1, 0.15) is 5.82 Å². The summed E-state index contributed by atoms with van der Waals surface area (Å²) in [5, 5.41) is 21.2. The van der Waals surface area contributed by atoms with Crippen molar-refractivity contribution >= 4 is 0 Å². The molecule has 0 bridgehead atoms. The fourth-order valence-corrected chi connectivity index (χ4v) is 1.38. The predicted octanol–water partition coefficient (Wildman–Crippen LogP) is 0.192. The minimum atomic E-state index is -0.639. The molecular weight excluding hydrogens is 220 g/mol. The van der Waals surface area contributed by atoms with E-state index in [0.717, 1.165) is 5.75 Å². The zero-order chi connectivity index (χ0) is 12.1. The number of aliphatic hydroxyl groups excluding tert-OH is 1. The predicted molar refractivity (Wildman–Crippen MR) is 60.4 cm³/mol. The van der Waals surface area contributed by atoms with Crippen molar-refractivity contribution in [3.8, 4) is 5.75 Å². The summed E-state index contributed by atoms with van der Waals surface area (Å²) in [6, 6.07) is 9.35. The molecule has 6 heteroatoms. The highest BCUT2D eigenvalue weighted by Crippen LogP contribution is 2.09. The van der Waals surface area contributed by atoms with Crippen LogP contribution in [0.2, 0.25) is 0 Å². The van der Waals surface area contributed by atoms with Gasteiger partial charge in [-0.2, -0.15) is 4.80 Å². The maximum absolute atomic E-state index is 9.73. The van der Waals surface area contributed by atoms with E-state index in [0.29, 0.717) is 12.2 Å². The van der Waals surface area contributed by atoms with E-state index in [1.165, 1.54) is 4.80 Å². The summed E-state index contributed by atoms with van der Waals surface area (Å²) in [5.41, 5.74) is 0. The van der Waals surface area contributed by atoms with E-state index < -0.39 is 6.10 Å². The van der Waals surface area contributed by atoms with Crippen LogP contribution < -0.4 is 4.74 Å². The van der Waals surface area contributed by atoms with Crippen molar-refractivity contribution in [1.29, 1.82) is 0 Å². The van der Waals surface area contributed by atoms with Crippen molar-refractivity contribution in [2.75, 3.05) is 6.61 Å². The summed E-state index contributed by atoms with van der Waals surface area (Å²) >= 11 is 0. The van der Waals surface area contributed by atoms with Gasteiger partial charge in [-0.3, -0.25) is 0 Å². The van der Waals surface area contributed by atoms with Gasteiger partial charge in [-0.25, -0.2) is 0 Å². The Morgan fingerprint density at radius 2 is 2.12 bits per heavy atom. The topological polar surface area (TPSA) is 73.1 Å². The first kappa shape index (κ1) is 11.5. The van der Waals surface area contributed by atoms with Gasteiger partial charge in [0.05, 0.1) is 13.2 Å². The molecular formula is C11H14N4O2. The van der Waals surface area contributed by atoms with Gasteiger partial charge in [-0.1, -0.05) is 18.2 Å². The van der Waals surface area contributed by atoms with Crippen LogP contribution in [0.4, 0.5) is 0 Å². The number of hydrogen-bond acceptors (Lipinski definition) is 5. The molecule has 17 heavy (non-hydrogen) atoms. The largest absolute Gasteiger partial charge is 0.491 e. The van der Waals surface area contributed by atoms with Crippen LogP contribution >= 0.6 is 0 Å². The number of nitrogens with zero attached hydrogens (tertiary/aromatic N) is 4. The quantitative estimate of drug-likeness (QED) is 0.799. The minimum absolute atomic E-state index is 0.211. The summed E-state index contributed by atoms with van der Waals surface area (Å²) in [5.74, 6) is 1.25. The van der Waals surface area contributed by atoms with Gasteiger partial charge in [0, 0.05) is 6.42 Å². The van der Waals surface area contributed by atoms with Gasteiger partial charge >= 0.3 is 0 Å². The van der Waals surface area contributed by atoms with E-state index in [-0.39, 0.29) is 6.61 Å². The van der Waals surface area contributed by atoms with Gasteiger partial charge in [-0.15, -0.1) is 10.2 Å². The molecule has 2 aromatic rings. The number of tetrazole rings is 1. The lowest BCUT2D eigenvalue weighted by Gasteiger charge is -2.10. The normalized spacial score (nSPS) is 12.4. The average molecular weight is 234 g/mol. The third kappa shape index (κ3) is 3.53. The Morgan fingerprint density at radius 1 is 1.35 bits per heavy atom. The number of aromatic nitrogens is 4. The summed E-state index contributed by atoms with van der Waals surface area (Å²) in [7, 11) is 1.68. The third-order valence-electron chi connectivity index (χ3n) is 2.15. The molecule has 0 amide bonds. The maximum Gasteiger partial charge on any atom is 0.177 e. The van der Waals surface area contributed by atoms with E-state index >= 15 is 0 Å². The molecule has 0 radical (unpaired) electrons. The van der Waals surface area contributed by atoms with Crippen LogP contribution in [0.5, 0.6) is 5.75 Å². The Hall–Kier alpha value is -1.95. The van der Waals surface area contributed by atoms with Gasteiger partial charge in [0.25, 0.3) is 0 Å². The molecule has 0 aliphatic rings. The van der Waals surface area contributed by atoms with Crippen LogP contribution in [-0.2, 0) is 13.5 Å². The van der Waals surface area contributed by atoms with Gasteiger partial charge in [0.15, 0.2) is 5.82 Å². The number of rotatable bonds is 5. The molecule has 0 saturated heterocycles. The standard InChI is InChI=1S/C11H14N4O2/c1-15-13-11(12-14-15)7-9(16)8-17-10-5-3-2-4-6-10/h2-6,9,16H,7-8H2,1H3. The summed E-state index contributed by atoms with van der Waals surface area (Å²) in [6.07, 6.45) is -0.305. The molecule has 0 aliphatic heterocycles. The third-order valence-corrected chi connectivity index (χ3v) is 2.15. The van der Waals surface area contributed by atoms with E-state index in [1.807, 2.05) is 30.3 Å². The lowest BCUT2D eigenvalue weighted by atomic mass is 10.2. The van der Waals surface area contributed by atoms with E-state index in [9.17, 15) is 5.11 Å². The Kier molecular flexibility index (Phi) is 3.66. The Balaban J connectivity index is 1.80. The second kappa shape index (κ2) is 5.40. The highest BCUT2D eigenvalue weighted by atomic mass is 16.5. The monoisotopic (exact) mass is 234 g/mol. The fourth-order valence-electron chi connectivity index (χ4n) is 1.38. The van der Waals surface area contributed by atoms with Crippen molar-refractivity contribution in [2.45, 2.75) is 12.5 Å². The number of benzene rings is 1. The highest BCUT2D eigenvalue weighted by molar-refractivity contribution is 5.20. The van der Waals surface area contributed by atoms with Gasteiger partial charge in [0.2, 0.25) is 0 Å². The van der Waals surface area contributed by atoms with Crippen LogP contribution in [0, 0.1) is 0 Å². The number of hydrogen-bond donors (Lipinski definition) is 1. The van der Waals surface area contributed by atoms with Crippen LogP contribution in [0.3, 0.4) is 0 Å². The van der Waals surface area contributed by atoms with Crippen LogP contribution in [0.25, 0.3) is 0 Å². The van der Waals surface area contributed by atoms with Gasteiger partial charge in [-0.05, 0) is 17.3 Å². The SMILES string of the molecule is Cn1nnc(CC(O)COc2ccccc2)n1. The molecule has 1 N–H and O–H groups in total. The molecule has 1 aromatic carbocycles. The van der Waals surface area contributed by atoms with Crippen LogP contribution in [0.15, 0.2) is 30.3 Å². The lowest BCUT2D eigenvalue weighted by Crippen LogP contribution is -2.20. The number of para-hydroxylation sites is 1. The van der Waals surface area contributed by atoms with Crippen molar-refractivity contribution in [3.63, 3.8) is 0 Å². The average Bonchev–Trinajstić information content (AvgIpc) is 2.73. The Morgan fingerprint density at radius 3 is 2.76 bits per heavy atom.